The Bertz CT molecular complexity index is 725. The van der Waals surface area contributed by atoms with E-state index in [1.54, 1.807) is 32.4 Å². The molecule has 0 atom stereocenters. The van der Waals surface area contributed by atoms with E-state index in [1.165, 1.54) is 0 Å². The second-order valence-corrected chi connectivity index (χ2v) is 4.46. The third kappa shape index (κ3) is 1.65. The van der Waals surface area contributed by atoms with Crippen molar-refractivity contribution in [2.45, 2.75) is 0 Å². The summed E-state index contributed by atoms with van der Waals surface area (Å²) in [6, 6.07) is 7.16. The molecule has 4 rings (SSSR count). The molecule has 0 bridgehead atoms. The maximum Gasteiger partial charge on any atom is 0.231 e. The zero-order valence-corrected chi connectivity index (χ0v) is 11.5. The van der Waals surface area contributed by atoms with Crippen LogP contribution in [0.5, 0.6) is 46.0 Å². The number of methoxy groups -OCH3 is 2. The summed E-state index contributed by atoms with van der Waals surface area (Å²) in [6.07, 6.45) is 0. The summed E-state index contributed by atoms with van der Waals surface area (Å²) < 4.78 is 33.3. The predicted octanol–water partition coefficient (Wildman–Crippen LogP) is 3.33. The summed E-state index contributed by atoms with van der Waals surface area (Å²) in [5, 5.41) is 0. The first-order valence-electron chi connectivity index (χ1n) is 6.35. The minimum absolute atomic E-state index is 0.144. The topological polar surface area (TPSA) is 55.4 Å². The van der Waals surface area contributed by atoms with Crippen molar-refractivity contribution in [1.82, 2.24) is 0 Å². The molecule has 0 saturated carbocycles. The molecule has 0 aliphatic carbocycles. The Morgan fingerprint density at radius 1 is 0.857 bits per heavy atom. The molecule has 0 aromatic heterocycles. The molecule has 0 radical (unpaired) electrons. The van der Waals surface area contributed by atoms with Gasteiger partial charge in [-0.3, -0.25) is 0 Å². The van der Waals surface area contributed by atoms with Gasteiger partial charge >= 0.3 is 0 Å². The van der Waals surface area contributed by atoms with E-state index in [-0.39, 0.29) is 6.79 Å². The van der Waals surface area contributed by atoms with E-state index < -0.39 is 0 Å². The molecule has 21 heavy (non-hydrogen) atoms. The highest BCUT2D eigenvalue weighted by Gasteiger charge is 2.32. The van der Waals surface area contributed by atoms with Gasteiger partial charge in [-0.15, -0.1) is 0 Å². The van der Waals surface area contributed by atoms with Crippen molar-refractivity contribution in [2.24, 2.45) is 0 Å². The van der Waals surface area contributed by atoms with E-state index in [0.717, 1.165) is 0 Å². The quantitative estimate of drug-likeness (QED) is 0.721. The van der Waals surface area contributed by atoms with Gasteiger partial charge in [-0.1, -0.05) is 6.07 Å². The number of para-hydroxylation sites is 1. The molecule has 2 aliphatic heterocycles. The molecule has 108 valence electrons. The number of hydrogen-bond acceptors (Lipinski definition) is 6. The molecule has 6 nitrogen and oxygen atoms in total. The maximum absolute atomic E-state index is 5.94. The van der Waals surface area contributed by atoms with Gasteiger partial charge in [0.2, 0.25) is 29.8 Å². The lowest BCUT2D eigenvalue weighted by molar-refractivity contribution is 0.171. The molecule has 0 amide bonds. The number of rotatable bonds is 2. The van der Waals surface area contributed by atoms with Crippen molar-refractivity contribution < 1.29 is 28.4 Å². The Morgan fingerprint density at radius 2 is 1.76 bits per heavy atom. The summed E-state index contributed by atoms with van der Waals surface area (Å²) >= 11 is 0. The Hall–Kier alpha value is -2.76. The standard InChI is InChI=1S/C15H12O6/c1-16-8-4-3-5-9-12(8)21-14-11(20-9)6-10-13(15(14)17-2)19-7-18-10/h3-6H,7H2,1-2H3. The molecule has 2 aromatic carbocycles. The lowest BCUT2D eigenvalue weighted by Crippen LogP contribution is -2.03. The first kappa shape index (κ1) is 12.0. The number of ether oxygens (including phenoxy) is 6. The van der Waals surface area contributed by atoms with Crippen LogP contribution in [0.1, 0.15) is 0 Å². The number of benzene rings is 2. The van der Waals surface area contributed by atoms with Crippen molar-refractivity contribution in [3.05, 3.63) is 24.3 Å². The lowest BCUT2D eigenvalue weighted by atomic mass is 10.2. The smallest absolute Gasteiger partial charge is 0.231 e. The fraction of sp³-hybridized carbons (Fsp3) is 0.200. The zero-order valence-electron chi connectivity index (χ0n) is 11.5. The van der Waals surface area contributed by atoms with Crippen LogP contribution < -0.4 is 28.4 Å². The summed E-state index contributed by atoms with van der Waals surface area (Å²) in [7, 11) is 3.12. The summed E-state index contributed by atoms with van der Waals surface area (Å²) in [5.74, 6) is 4.14. The third-order valence-corrected chi connectivity index (χ3v) is 3.33. The van der Waals surface area contributed by atoms with Crippen molar-refractivity contribution in [2.75, 3.05) is 21.0 Å². The molecule has 2 aliphatic rings. The Balaban J connectivity index is 1.89. The van der Waals surface area contributed by atoms with Crippen LogP contribution in [0, 0.1) is 0 Å². The second kappa shape index (κ2) is 4.37. The van der Waals surface area contributed by atoms with Gasteiger partial charge in [0.25, 0.3) is 0 Å². The van der Waals surface area contributed by atoms with E-state index in [9.17, 15) is 0 Å². The number of fused-ring (bicyclic) bond motifs is 3. The first-order valence-corrected chi connectivity index (χ1v) is 6.35. The minimum Gasteiger partial charge on any atom is -0.493 e. The Morgan fingerprint density at radius 3 is 2.57 bits per heavy atom. The fourth-order valence-electron chi connectivity index (χ4n) is 2.39. The van der Waals surface area contributed by atoms with Gasteiger partial charge in [-0.2, -0.15) is 0 Å². The Kier molecular flexibility index (Phi) is 2.50. The van der Waals surface area contributed by atoms with Crippen molar-refractivity contribution >= 4 is 0 Å². The molecule has 0 N–H and O–H groups in total. The fourth-order valence-corrected chi connectivity index (χ4v) is 2.39. The number of hydrogen-bond donors (Lipinski definition) is 0. The molecule has 6 heteroatoms. The average Bonchev–Trinajstić information content (AvgIpc) is 2.97. The van der Waals surface area contributed by atoms with Crippen LogP contribution in [0.15, 0.2) is 24.3 Å². The maximum atomic E-state index is 5.94. The van der Waals surface area contributed by atoms with Crippen LogP contribution in [0.2, 0.25) is 0 Å². The average molecular weight is 288 g/mol. The van der Waals surface area contributed by atoms with Gasteiger partial charge in [0.15, 0.2) is 23.0 Å². The van der Waals surface area contributed by atoms with Crippen LogP contribution in [-0.4, -0.2) is 21.0 Å². The molecule has 0 fully saturated rings. The van der Waals surface area contributed by atoms with Gasteiger partial charge < -0.3 is 28.4 Å². The molecule has 2 heterocycles. The van der Waals surface area contributed by atoms with E-state index in [1.807, 2.05) is 6.07 Å². The highest BCUT2D eigenvalue weighted by Crippen LogP contribution is 2.59. The van der Waals surface area contributed by atoms with E-state index in [4.69, 9.17) is 28.4 Å². The summed E-state index contributed by atoms with van der Waals surface area (Å²) in [5.41, 5.74) is 0. The van der Waals surface area contributed by atoms with Crippen LogP contribution >= 0.6 is 0 Å². The molecule has 0 saturated heterocycles. The normalized spacial score (nSPS) is 13.6. The van der Waals surface area contributed by atoms with Crippen LogP contribution in [0.4, 0.5) is 0 Å². The second-order valence-electron chi connectivity index (χ2n) is 4.46. The first-order chi connectivity index (χ1) is 10.3. The lowest BCUT2D eigenvalue weighted by Gasteiger charge is -2.23. The van der Waals surface area contributed by atoms with Gasteiger partial charge in [0, 0.05) is 6.07 Å². The zero-order chi connectivity index (χ0) is 14.4. The van der Waals surface area contributed by atoms with Crippen LogP contribution in [-0.2, 0) is 0 Å². The molecule has 0 unspecified atom stereocenters. The summed E-state index contributed by atoms with van der Waals surface area (Å²) in [6.45, 7) is 0.144. The highest BCUT2D eigenvalue weighted by atomic mass is 16.7. The van der Waals surface area contributed by atoms with E-state index in [0.29, 0.717) is 46.0 Å². The summed E-state index contributed by atoms with van der Waals surface area (Å²) in [4.78, 5) is 0. The monoisotopic (exact) mass is 288 g/mol. The van der Waals surface area contributed by atoms with Crippen molar-refractivity contribution in [1.29, 1.82) is 0 Å². The molecule has 2 aromatic rings. The Labute approximate surface area is 120 Å². The van der Waals surface area contributed by atoms with Gasteiger partial charge in [-0.25, -0.2) is 0 Å². The highest BCUT2D eigenvalue weighted by molar-refractivity contribution is 5.71. The van der Waals surface area contributed by atoms with E-state index in [2.05, 4.69) is 0 Å². The molecular weight excluding hydrogens is 276 g/mol. The van der Waals surface area contributed by atoms with Gasteiger partial charge in [0.05, 0.1) is 14.2 Å². The largest absolute Gasteiger partial charge is 0.493 e. The predicted molar refractivity (Wildman–Crippen MR) is 72.3 cm³/mol. The minimum atomic E-state index is 0.144. The molecular formula is C15H12O6. The third-order valence-electron chi connectivity index (χ3n) is 3.33. The van der Waals surface area contributed by atoms with Gasteiger partial charge in [-0.05, 0) is 12.1 Å². The van der Waals surface area contributed by atoms with Crippen molar-refractivity contribution in [3.63, 3.8) is 0 Å². The van der Waals surface area contributed by atoms with Crippen molar-refractivity contribution in [3.8, 4) is 46.0 Å². The van der Waals surface area contributed by atoms with Gasteiger partial charge in [0.1, 0.15) is 0 Å². The van der Waals surface area contributed by atoms with Crippen LogP contribution in [0.25, 0.3) is 0 Å². The van der Waals surface area contributed by atoms with E-state index >= 15 is 0 Å². The SMILES string of the molecule is COc1cccc2c1Oc1c(cc3c(c1OC)OCO3)O2. The van der Waals surface area contributed by atoms with Crippen LogP contribution in [0.3, 0.4) is 0 Å². The molecule has 0 spiro atoms.